The molecule has 1 aromatic heterocycles. The van der Waals surface area contributed by atoms with Crippen molar-refractivity contribution in [3.63, 3.8) is 0 Å². The van der Waals surface area contributed by atoms with Crippen LogP contribution in [0.5, 0.6) is 0 Å². The van der Waals surface area contributed by atoms with E-state index < -0.39 is 0 Å². The van der Waals surface area contributed by atoms with Crippen LogP contribution in [-0.2, 0) is 0 Å². The van der Waals surface area contributed by atoms with Crippen molar-refractivity contribution in [2.45, 2.75) is 44.9 Å². The summed E-state index contributed by atoms with van der Waals surface area (Å²) in [6.45, 7) is 5.97. The maximum atomic E-state index is 11.0. The first-order valence-corrected chi connectivity index (χ1v) is 6.85. The smallest absolute Gasteiger partial charge is 0.175 e. The predicted octanol–water partition coefficient (Wildman–Crippen LogP) is 4.86. The zero-order valence-electron chi connectivity index (χ0n) is 11.3. The van der Waals surface area contributed by atoms with Crippen LogP contribution in [0.15, 0.2) is 29.2 Å². The second kappa shape index (κ2) is 7.27. The van der Waals surface area contributed by atoms with Crippen LogP contribution in [0.1, 0.15) is 50.5 Å². The van der Waals surface area contributed by atoms with E-state index in [0.717, 1.165) is 15.8 Å². The molecular weight excluding hydrogens is 242 g/mol. The summed E-state index contributed by atoms with van der Waals surface area (Å²) in [6, 6.07) is 7.59. The summed E-state index contributed by atoms with van der Waals surface area (Å²) < 4.78 is 0. The van der Waals surface area contributed by atoms with Crippen molar-refractivity contribution in [2.75, 3.05) is 0 Å². The molecular formula is C15H21NOS. The summed E-state index contributed by atoms with van der Waals surface area (Å²) >= 11 is 4.22. The number of nitrogens with one attached hydrogen (secondary N) is 1. The quantitative estimate of drug-likeness (QED) is 0.602. The molecule has 2 rings (SSSR count). The van der Waals surface area contributed by atoms with Crippen LogP contribution in [0.3, 0.4) is 0 Å². The van der Waals surface area contributed by atoms with Gasteiger partial charge in [0, 0.05) is 22.7 Å². The van der Waals surface area contributed by atoms with Gasteiger partial charge in [0.25, 0.3) is 0 Å². The first-order chi connectivity index (χ1) is 8.58. The van der Waals surface area contributed by atoms with E-state index >= 15 is 0 Å². The Kier molecular flexibility index (Phi) is 5.99. The Bertz CT molecular complexity index is 514. The van der Waals surface area contributed by atoms with Crippen LogP contribution in [0.25, 0.3) is 10.9 Å². The van der Waals surface area contributed by atoms with Gasteiger partial charge in [-0.1, -0.05) is 33.1 Å². The number of thiol groups is 1. The van der Waals surface area contributed by atoms with Crippen molar-refractivity contribution in [1.29, 1.82) is 0 Å². The molecule has 0 aliphatic rings. The fourth-order valence-electron chi connectivity index (χ4n) is 1.66. The molecule has 0 fully saturated rings. The molecule has 0 amide bonds. The molecule has 2 nitrogen and oxygen atoms in total. The molecule has 0 saturated carbocycles. The number of aromatic nitrogens is 1. The van der Waals surface area contributed by atoms with Gasteiger partial charge >= 0.3 is 0 Å². The molecule has 0 bridgehead atoms. The first-order valence-electron chi connectivity index (χ1n) is 6.41. The summed E-state index contributed by atoms with van der Waals surface area (Å²) in [5.41, 5.74) is 1.62. The number of benzene rings is 1. The van der Waals surface area contributed by atoms with E-state index in [2.05, 4.69) is 31.5 Å². The van der Waals surface area contributed by atoms with E-state index in [1.165, 1.54) is 19.3 Å². The summed E-state index contributed by atoms with van der Waals surface area (Å²) in [7, 11) is 0. The number of aromatic amines is 1. The molecule has 2 aromatic rings. The van der Waals surface area contributed by atoms with E-state index in [4.69, 9.17) is 0 Å². The highest BCUT2D eigenvalue weighted by atomic mass is 32.1. The van der Waals surface area contributed by atoms with Gasteiger partial charge in [-0.25, -0.2) is 0 Å². The lowest BCUT2D eigenvalue weighted by molar-refractivity contribution is 0.101. The Hall–Kier alpha value is -1.22. The van der Waals surface area contributed by atoms with Crippen molar-refractivity contribution in [2.24, 2.45) is 0 Å². The summed E-state index contributed by atoms with van der Waals surface area (Å²) in [4.78, 5) is 15.0. The minimum absolute atomic E-state index is 0.0527. The SMILES string of the molecule is CC(=O)c1cc2cc(S)ccc2[nH]1.CCCCC. The molecule has 0 unspecified atom stereocenters. The van der Waals surface area contributed by atoms with Crippen LogP contribution in [0.2, 0.25) is 0 Å². The largest absolute Gasteiger partial charge is 0.352 e. The number of hydrogen-bond acceptors (Lipinski definition) is 2. The van der Waals surface area contributed by atoms with E-state index in [1.807, 2.05) is 24.3 Å². The third-order valence-electron chi connectivity index (χ3n) is 2.69. The number of Topliss-reactive ketones (excluding diaryl/α,β-unsaturated/α-hetero) is 1. The molecule has 0 aliphatic carbocycles. The lowest BCUT2D eigenvalue weighted by Gasteiger charge is -1.89. The lowest BCUT2D eigenvalue weighted by atomic mass is 10.2. The first kappa shape index (κ1) is 14.8. The normalized spacial score (nSPS) is 10.0. The number of H-pyrrole nitrogens is 1. The van der Waals surface area contributed by atoms with Gasteiger partial charge in [-0.2, -0.15) is 0 Å². The third-order valence-corrected chi connectivity index (χ3v) is 2.97. The number of carbonyl (C=O) groups excluding carboxylic acids is 1. The van der Waals surface area contributed by atoms with E-state index in [1.54, 1.807) is 6.92 Å². The number of hydrogen-bond donors (Lipinski definition) is 2. The average Bonchev–Trinajstić information content (AvgIpc) is 2.74. The van der Waals surface area contributed by atoms with Crippen LogP contribution >= 0.6 is 12.6 Å². The fourth-order valence-corrected chi connectivity index (χ4v) is 1.88. The van der Waals surface area contributed by atoms with Crippen LogP contribution in [-0.4, -0.2) is 10.8 Å². The monoisotopic (exact) mass is 263 g/mol. The van der Waals surface area contributed by atoms with Crippen molar-refractivity contribution in [1.82, 2.24) is 4.98 Å². The van der Waals surface area contributed by atoms with Gasteiger partial charge in [0.1, 0.15) is 0 Å². The zero-order valence-corrected chi connectivity index (χ0v) is 12.2. The molecule has 0 aliphatic heterocycles. The Morgan fingerprint density at radius 3 is 2.39 bits per heavy atom. The van der Waals surface area contributed by atoms with Gasteiger partial charge in [-0.15, -0.1) is 12.6 Å². The Labute approximate surface area is 114 Å². The number of rotatable bonds is 3. The maximum Gasteiger partial charge on any atom is 0.175 e. The van der Waals surface area contributed by atoms with Gasteiger partial charge in [0.15, 0.2) is 5.78 Å². The van der Waals surface area contributed by atoms with Gasteiger partial charge in [0.2, 0.25) is 0 Å². The Balaban J connectivity index is 0.000000280. The Morgan fingerprint density at radius 1 is 1.22 bits per heavy atom. The second-order valence-electron chi connectivity index (χ2n) is 4.36. The minimum Gasteiger partial charge on any atom is -0.352 e. The molecule has 1 N–H and O–H groups in total. The van der Waals surface area contributed by atoms with Gasteiger partial charge in [-0.05, 0) is 24.3 Å². The molecule has 3 heteroatoms. The molecule has 0 spiro atoms. The highest BCUT2D eigenvalue weighted by Gasteiger charge is 2.03. The number of fused-ring (bicyclic) bond motifs is 1. The van der Waals surface area contributed by atoms with Gasteiger partial charge < -0.3 is 4.98 Å². The summed E-state index contributed by atoms with van der Waals surface area (Å²) in [5, 5.41) is 1.03. The van der Waals surface area contributed by atoms with E-state index in [9.17, 15) is 4.79 Å². The highest BCUT2D eigenvalue weighted by Crippen LogP contribution is 2.19. The number of unbranched alkanes of at least 4 members (excludes halogenated alkanes) is 2. The molecule has 98 valence electrons. The number of carbonyl (C=O) groups is 1. The third kappa shape index (κ3) is 4.22. The molecule has 0 radical (unpaired) electrons. The average molecular weight is 263 g/mol. The topological polar surface area (TPSA) is 32.9 Å². The molecule has 18 heavy (non-hydrogen) atoms. The van der Waals surface area contributed by atoms with Crippen LogP contribution in [0, 0.1) is 0 Å². The Morgan fingerprint density at radius 2 is 1.89 bits per heavy atom. The predicted molar refractivity (Wildman–Crippen MR) is 80.8 cm³/mol. The van der Waals surface area contributed by atoms with Crippen LogP contribution < -0.4 is 0 Å². The molecule has 0 saturated heterocycles. The van der Waals surface area contributed by atoms with Crippen molar-refractivity contribution in [3.05, 3.63) is 30.0 Å². The van der Waals surface area contributed by atoms with E-state index in [0.29, 0.717) is 5.69 Å². The maximum absolute atomic E-state index is 11.0. The van der Waals surface area contributed by atoms with Gasteiger partial charge in [0.05, 0.1) is 5.69 Å². The zero-order chi connectivity index (χ0) is 13.5. The van der Waals surface area contributed by atoms with Crippen molar-refractivity contribution < 1.29 is 4.79 Å². The standard InChI is InChI=1S/C10H9NOS.C5H12/c1-6(12)10-5-7-4-8(13)2-3-9(7)11-10;1-3-5-4-2/h2-5,11,13H,1H3;3-5H2,1-2H3. The molecule has 1 aromatic carbocycles. The van der Waals surface area contributed by atoms with Crippen molar-refractivity contribution >= 4 is 29.3 Å². The summed E-state index contributed by atoms with van der Waals surface area (Å²) in [6.07, 6.45) is 4.08. The molecule has 0 atom stereocenters. The number of ketones is 1. The summed E-state index contributed by atoms with van der Waals surface area (Å²) in [5.74, 6) is 0.0527. The minimum atomic E-state index is 0.0527. The van der Waals surface area contributed by atoms with Gasteiger partial charge in [-0.3, -0.25) is 4.79 Å². The van der Waals surface area contributed by atoms with E-state index in [-0.39, 0.29) is 5.78 Å². The fraction of sp³-hybridized carbons (Fsp3) is 0.400. The lowest BCUT2D eigenvalue weighted by Crippen LogP contribution is -1.89. The second-order valence-corrected chi connectivity index (χ2v) is 4.88. The van der Waals surface area contributed by atoms with Crippen molar-refractivity contribution in [3.8, 4) is 0 Å². The van der Waals surface area contributed by atoms with Crippen LogP contribution in [0.4, 0.5) is 0 Å². The molecule has 1 heterocycles. The highest BCUT2D eigenvalue weighted by molar-refractivity contribution is 7.80.